The number of rotatable bonds is 3. The summed E-state index contributed by atoms with van der Waals surface area (Å²) in [6, 6.07) is 4.86. The second-order valence-electron chi connectivity index (χ2n) is 2.59. The van der Waals surface area contributed by atoms with E-state index in [2.05, 4.69) is 5.32 Å². The van der Waals surface area contributed by atoms with Gasteiger partial charge in [-0.15, -0.1) is 0 Å². The number of hydrogen-bond donors (Lipinski definition) is 1. The fraction of sp³-hybridized carbons (Fsp3) is 0.222. The van der Waals surface area contributed by atoms with Gasteiger partial charge in [-0.2, -0.15) is 3.89 Å². The molecule has 1 N–H and O–H groups in total. The average Bonchev–Trinajstić information content (AvgIpc) is 2.16. The summed E-state index contributed by atoms with van der Waals surface area (Å²) in [6.45, 7) is 1.46. The predicted octanol–water partition coefficient (Wildman–Crippen LogP) is 2.91. The molecule has 13 heavy (non-hydrogen) atoms. The van der Waals surface area contributed by atoms with Gasteiger partial charge in [0.1, 0.15) is 0 Å². The first kappa shape index (κ1) is 10.1. The number of carbonyl (C=O) groups is 1. The Kier molecular flexibility index (Phi) is 3.31. The Bertz CT molecular complexity index is 327. The fourth-order valence-electron chi connectivity index (χ4n) is 1.08. The van der Waals surface area contributed by atoms with E-state index < -0.39 is 0 Å². The van der Waals surface area contributed by atoms with Gasteiger partial charge in [0.2, 0.25) is 0 Å². The molecule has 0 radical (unpaired) electrons. The van der Waals surface area contributed by atoms with Gasteiger partial charge in [-0.1, -0.05) is 0 Å². The van der Waals surface area contributed by atoms with Crippen molar-refractivity contribution in [2.45, 2.75) is 11.8 Å². The van der Waals surface area contributed by atoms with Crippen LogP contribution in [0.5, 0.6) is 0 Å². The van der Waals surface area contributed by atoms with Gasteiger partial charge in [-0.25, -0.2) is 0 Å². The first-order valence-electron chi connectivity index (χ1n) is 3.80. The third kappa shape index (κ3) is 2.21. The Balaban J connectivity index is 3.18. The predicted molar refractivity (Wildman–Crippen MR) is 53.0 cm³/mol. The van der Waals surface area contributed by atoms with Gasteiger partial charge in [-0.05, 0) is 25.1 Å². The molecule has 0 aliphatic carbocycles. The minimum atomic E-state index is -0.0692. The van der Waals surface area contributed by atoms with Crippen LogP contribution in [0.4, 0.5) is 9.57 Å². The maximum Gasteiger partial charge on any atom is 0.161 e. The van der Waals surface area contributed by atoms with Crippen molar-refractivity contribution in [2.75, 3.05) is 12.4 Å². The summed E-state index contributed by atoms with van der Waals surface area (Å²) in [7, 11) is 1.73. The van der Waals surface area contributed by atoms with Gasteiger partial charge in [0.25, 0.3) is 0 Å². The molecular formula is C9H10FNOS. The molecule has 0 aromatic heterocycles. The fourth-order valence-corrected chi connectivity index (χ4v) is 1.36. The molecule has 1 rings (SSSR count). The number of hydrogen-bond acceptors (Lipinski definition) is 3. The van der Waals surface area contributed by atoms with Crippen LogP contribution in [0.3, 0.4) is 0 Å². The molecule has 0 amide bonds. The Labute approximate surface area is 80.8 Å². The van der Waals surface area contributed by atoms with Crippen molar-refractivity contribution < 1.29 is 8.68 Å². The Morgan fingerprint density at radius 1 is 1.54 bits per heavy atom. The highest BCUT2D eigenvalue weighted by atomic mass is 32.2. The topological polar surface area (TPSA) is 29.1 Å². The lowest BCUT2D eigenvalue weighted by molar-refractivity contribution is 0.101. The van der Waals surface area contributed by atoms with E-state index >= 15 is 0 Å². The van der Waals surface area contributed by atoms with Crippen LogP contribution >= 0.6 is 12.1 Å². The van der Waals surface area contributed by atoms with Crippen molar-refractivity contribution in [2.24, 2.45) is 0 Å². The molecule has 1 aromatic rings. The zero-order valence-corrected chi connectivity index (χ0v) is 8.24. The number of anilines is 1. The second-order valence-corrected chi connectivity index (χ2v) is 3.22. The number of nitrogens with one attached hydrogen (secondary N) is 1. The lowest BCUT2D eigenvalue weighted by Crippen LogP contribution is -1.99. The molecule has 0 spiro atoms. The van der Waals surface area contributed by atoms with Crippen molar-refractivity contribution in [3.05, 3.63) is 23.8 Å². The molecule has 0 bridgehead atoms. The number of benzene rings is 1. The molecule has 70 valence electrons. The third-order valence-corrected chi connectivity index (χ3v) is 2.16. The van der Waals surface area contributed by atoms with Crippen LogP contribution in [0.1, 0.15) is 17.3 Å². The zero-order valence-electron chi connectivity index (χ0n) is 7.43. The van der Waals surface area contributed by atoms with Crippen LogP contribution < -0.4 is 5.32 Å². The third-order valence-electron chi connectivity index (χ3n) is 1.73. The quantitative estimate of drug-likeness (QED) is 0.759. The average molecular weight is 199 g/mol. The van der Waals surface area contributed by atoms with E-state index in [1.165, 1.54) is 6.92 Å². The summed E-state index contributed by atoms with van der Waals surface area (Å²) in [6.07, 6.45) is 0. The normalized spacial score (nSPS) is 9.77. The van der Waals surface area contributed by atoms with Crippen molar-refractivity contribution in [3.8, 4) is 0 Å². The second kappa shape index (κ2) is 4.28. The van der Waals surface area contributed by atoms with Crippen molar-refractivity contribution in [3.63, 3.8) is 0 Å². The van der Waals surface area contributed by atoms with Crippen molar-refractivity contribution in [1.82, 2.24) is 0 Å². The number of ketones is 1. The summed E-state index contributed by atoms with van der Waals surface area (Å²) in [4.78, 5) is 11.6. The minimum absolute atomic E-state index is 0.0692. The monoisotopic (exact) mass is 199 g/mol. The molecule has 0 heterocycles. The van der Waals surface area contributed by atoms with E-state index in [1.54, 1.807) is 25.2 Å². The van der Waals surface area contributed by atoms with E-state index in [9.17, 15) is 8.68 Å². The van der Waals surface area contributed by atoms with Gasteiger partial charge in [0.05, 0.1) is 12.1 Å². The smallest absolute Gasteiger partial charge is 0.161 e. The number of halogens is 1. The van der Waals surface area contributed by atoms with E-state index in [4.69, 9.17) is 0 Å². The molecule has 4 heteroatoms. The van der Waals surface area contributed by atoms with Crippen molar-refractivity contribution >= 4 is 23.6 Å². The highest BCUT2D eigenvalue weighted by Gasteiger charge is 2.07. The molecule has 1 aromatic carbocycles. The first-order chi connectivity index (χ1) is 6.19. The number of carbonyl (C=O) groups excluding carboxylic acids is 1. The van der Waals surface area contributed by atoms with Crippen LogP contribution in [0.15, 0.2) is 23.1 Å². The van der Waals surface area contributed by atoms with Crippen LogP contribution in [0.2, 0.25) is 0 Å². The molecule has 0 aliphatic rings. The molecule has 0 fully saturated rings. The Morgan fingerprint density at radius 2 is 2.23 bits per heavy atom. The summed E-state index contributed by atoms with van der Waals surface area (Å²) in [5.41, 5.74) is 1.25. The van der Waals surface area contributed by atoms with Gasteiger partial charge >= 0.3 is 0 Å². The lowest BCUT2D eigenvalue weighted by Gasteiger charge is -2.06. The maximum absolute atomic E-state index is 12.2. The Morgan fingerprint density at radius 3 is 2.69 bits per heavy atom. The summed E-state index contributed by atoms with van der Waals surface area (Å²) >= 11 is 0.140. The minimum Gasteiger partial charge on any atom is -0.388 e. The van der Waals surface area contributed by atoms with Gasteiger partial charge in [0.15, 0.2) is 5.78 Å². The van der Waals surface area contributed by atoms with Crippen LogP contribution in [0, 0.1) is 0 Å². The van der Waals surface area contributed by atoms with Gasteiger partial charge in [0, 0.05) is 23.2 Å². The molecule has 0 saturated carbocycles. The van der Waals surface area contributed by atoms with Gasteiger partial charge in [-0.3, -0.25) is 4.79 Å². The highest BCUT2D eigenvalue weighted by Crippen LogP contribution is 2.25. The summed E-state index contributed by atoms with van der Waals surface area (Å²) in [5.74, 6) is -0.0692. The van der Waals surface area contributed by atoms with E-state index in [-0.39, 0.29) is 17.9 Å². The van der Waals surface area contributed by atoms with E-state index in [1.807, 2.05) is 0 Å². The largest absolute Gasteiger partial charge is 0.388 e. The van der Waals surface area contributed by atoms with E-state index in [0.717, 1.165) is 5.69 Å². The molecule has 0 aliphatic heterocycles. The summed E-state index contributed by atoms with van der Waals surface area (Å²) in [5, 5.41) is 2.88. The molecule has 0 saturated heterocycles. The molecule has 0 atom stereocenters. The Hall–Kier alpha value is -1.03. The maximum atomic E-state index is 12.2. The van der Waals surface area contributed by atoms with Crippen LogP contribution in [-0.2, 0) is 0 Å². The van der Waals surface area contributed by atoms with Gasteiger partial charge < -0.3 is 5.32 Å². The van der Waals surface area contributed by atoms with E-state index in [0.29, 0.717) is 10.5 Å². The summed E-state index contributed by atoms with van der Waals surface area (Å²) < 4.78 is 12.2. The first-order valence-corrected chi connectivity index (χ1v) is 4.52. The van der Waals surface area contributed by atoms with Crippen LogP contribution in [-0.4, -0.2) is 12.8 Å². The molecule has 0 unspecified atom stereocenters. The molecule has 2 nitrogen and oxygen atoms in total. The SMILES string of the molecule is CNc1ccc(SF)cc1C(C)=O. The highest BCUT2D eigenvalue weighted by molar-refractivity contribution is 7.94. The zero-order chi connectivity index (χ0) is 9.84. The number of Topliss-reactive ketones (excluding diaryl/α,β-unsaturated/α-hetero) is 1. The van der Waals surface area contributed by atoms with Crippen LogP contribution in [0.25, 0.3) is 0 Å². The lowest BCUT2D eigenvalue weighted by atomic mass is 10.1. The standard InChI is InChI=1S/C9H10FNOS/c1-6(12)8-5-7(13-10)3-4-9(8)11-2/h3-5,11H,1-2H3. The van der Waals surface area contributed by atoms with Crippen molar-refractivity contribution in [1.29, 1.82) is 0 Å². The molecular weight excluding hydrogens is 189 g/mol.